The van der Waals surface area contributed by atoms with Crippen LogP contribution in [0.1, 0.15) is 36.7 Å². The third-order valence-electron chi connectivity index (χ3n) is 4.55. The topological polar surface area (TPSA) is 44.1 Å². The van der Waals surface area contributed by atoms with Crippen LogP contribution in [0, 0.1) is 18.6 Å². The standard InChI is InChI=1S/C23H22F2N2O2/c1-14(2)27-23(28)19(12-11-16-7-5-8-17(24)13-16)21(15(3)26-27)18-9-6-10-20(25)22(18)29-4/h5-14H,1-4H3/b12-11+. The predicted octanol–water partition coefficient (Wildman–Crippen LogP) is 5.26. The lowest BCUT2D eigenvalue weighted by atomic mass is 9.97. The van der Waals surface area contributed by atoms with Gasteiger partial charge in [0.15, 0.2) is 11.6 Å². The number of nitrogens with zero attached hydrogens (tertiary/aromatic N) is 2. The molecule has 0 bridgehead atoms. The summed E-state index contributed by atoms with van der Waals surface area (Å²) in [5, 5.41) is 4.42. The second-order valence-corrected chi connectivity index (χ2v) is 6.93. The number of hydrogen-bond donors (Lipinski definition) is 0. The number of rotatable bonds is 5. The van der Waals surface area contributed by atoms with E-state index in [-0.39, 0.29) is 23.2 Å². The van der Waals surface area contributed by atoms with Crippen molar-refractivity contribution >= 4 is 12.2 Å². The van der Waals surface area contributed by atoms with E-state index in [1.807, 2.05) is 13.8 Å². The molecule has 0 unspecified atom stereocenters. The zero-order valence-electron chi connectivity index (χ0n) is 16.7. The summed E-state index contributed by atoms with van der Waals surface area (Å²) >= 11 is 0. The smallest absolute Gasteiger partial charge is 0.274 e. The third-order valence-corrected chi connectivity index (χ3v) is 4.55. The summed E-state index contributed by atoms with van der Waals surface area (Å²) in [5.74, 6) is -0.860. The maximum atomic E-state index is 14.3. The monoisotopic (exact) mass is 396 g/mol. The van der Waals surface area contributed by atoms with Crippen molar-refractivity contribution in [3.05, 3.63) is 81.3 Å². The van der Waals surface area contributed by atoms with Gasteiger partial charge in [0.05, 0.1) is 24.4 Å². The molecule has 0 saturated heterocycles. The SMILES string of the molecule is COc1c(F)cccc1-c1c(C)nn(C(C)C)c(=O)c1/C=C/c1cccc(F)c1. The fourth-order valence-corrected chi connectivity index (χ4v) is 3.23. The molecule has 4 nitrogen and oxygen atoms in total. The van der Waals surface area contributed by atoms with Crippen LogP contribution in [0.5, 0.6) is 5.75 Å². The molecule has 29 heavy (non-hydrogen) atoms. The first-order valence-electron chi connectivity index (χ1n) is 9.23. The molecule has 0 atom stereocenters. The summed E-state index contributed by atoms with van der Waals surface area (Å²) in [6.07, 6.45) is 3.27. The highest BCUT2D eigenvalue weighted by Crippen LogP contribution is 2.35. The molecule has 0 fully saturated rings. The van der Waals surface area contributed by atoms with E-state index in [2.05, 4.69) is 5.10 Å². The normalized spacial score (nSPS) is 11.4. The zero-order valence-corrected chi connectivity index (χ0v) is 16.7. The maximum absolute atomic E-state index is 14.3. The van der Waals surface area contributed by atoms with Gasteiger partial charge < -0.3 is 4.74 Å². The summed E-state index contributed by atoms with van der Waals surface area (Å²) in [7, 11) is 1.38. The van der Waals surface area contributed by atoms with E-state index in [1.165, 1.54) is 30.0 Å². The Morgan fingerprint density at radius 1 is 1.10 bits per heavy atom. The van der Waals surface area contributed by atoms with Crippen molar-refractivity contribution in [1.82, 2.24) is 9.78 Å². The van der Waals surface area contributed by atoms with Crippen molar-refractivity contribution in [2.75, 3.05) is 7.11 Å². The van der Waals surface area contributed by atoms with Gasteiger partial charge in [-0.1, -0.05) is 30.3 Å². The van der Waals surface area contributed by atoms with E-state index in [9.17, 15) is 13.6 Å². The highest BCUT2D eigenvalue weighted by atomic mass is 19.1. The van der Waals surface area contributed by atoms with E-state index in [0.717, 1.165) is 0 Å². The molecule has 6 heteroatoms. The molecular weight excluding hydrogens is 374 g/mol. The minimum absolute atomic E-state index is 0.0412. The van der Waals surface area contributed by atoms with Crippen LogP contribution in [-0.4, -0.2) is 16.9 Å². The van der Waals surface area contributed by atoms with E-state index in [4.69, 9.17) is 4.74 Å². The average molecular weight is 396 g/mol. The molecule has 0 N–H and O–H groups in total. The van der Waals surface area contributed by atoms with Gasteiger partial charge in [0.2, 0.25) is 0 Å². The first-order valence-corrected chi connectivity index (χ1v) is 9.23. The molecule has 1 heterocycles. The van der Waals surface area contributed by atoms with Crippen LogP contribution in [-0.2, 0) is 0 Å². The Balaban J connectivity index is 2.30. The van der Waals surface area contributed by atoms with E-state index >= 15 is 0 Å². The number of halogens is 2. The molecule has 0 spiro atoms. The summed E-state index contributed by atoms with van der Waals surface area (Å²) in [6, 6.07) is 10.4. The Bertz CT molecular complexity index is 1130. The fraction of sp³-hybridized carbons (Fsp3) is 0.217. The average Bonchev–Trinajstić information content (AvgIpc) is 2.68. The lowest BCUT2D eigenvalue weighted by molar-refractivity contribution is 0.388. The van der Waals surface area contributed by atoms with Crippen LogP contribution in [0.25, 0.3) is 23.3 Å². The first-order chi connectivity index (χ1) is 13.8. The quantitative estimate of drug-likeness (QED) is 0.591. The Hall–Kier alpha value is -3.28. The molecule has 0 aliphatic heterocycles. The molecule has 0 aliphatic rings. The van der Waals surface area contributed by atoms with Crippen molar-refractivity contribution < 1.29 is 13.5 Å². The summed E-state index contributed by atoms with van der Waals surface area (Å²) in [5.41, 5.74) is 2.09. The molecule has 1 aromatic heterocycles. The van der Waals surface area contributed by atoms with Crippen LogP contribution in [0.3, 0.4) is 0 Å². The van der Waals surface area contributed by atoms with E-state index in [0.29, 0.717) is 27.9 Å². The maximum Gasteiger partial charge on any atom is 0.274 e. The Labute approximate surface area is 168 Å². The minimum atomic E-state index is -0.530. The van der Waals surface area contributed by atoms with Crippen LogP contribution in [0.15, 0.2) is 47.3 Å². The summed E-state index contributed by atoms with van der Waals surface area (Å²) in [6.45, 7) is 5.48. The van der Waals surface area contributed by atoms with Crippen molar-refractivity contribution in [2.45, 2.75) is 26.8 Å². The molecule has 0 aliphatic carbocycles. The van der Waals surface area contributed by atoms with Gasteiger partial charge >= 0.3 is 0 Å². The highest BCUT2D eigenvalue weighted by molar-refractivity contribution is 5.84. The highest BCUT2D eigenvalue weighted by Gasteiger charge is 2.20. The van der Waals surface area contributed by atoms with Crippen molar-refractivity contribution in [1.29, 1.82) is 0 Å². The minimum Gasteiger partial charge on any atom is -0.493 e. The predicted molar refractivity (Wildman–Crippen MR) is 111 cm³/mol. The summed E-state index contributed by atoms with van der Waals surface area (Å²) < 4.78 is 34.5. The Morgan fingerprint density at radius 3 is 2.48 bits per heavy atom. The van der Waals surface area contributed by atoms with Gasteiger partial charge in [-0.15, -0.1) is 0 Å². The largest absolute Gasteiger partial charge is 0.493 e. The van der Waals surface area contributed by atoms with Gasteiger partial charge in [0, 0.05) is 11.1 Å². The van der Waals surface area contributed by atoms with Gasteiger partial charge in [-0.3, -0.25) is 4.79 Å². The zero-order chi connectivity index (χ0) is 21.1. The molecule has 0 radical (unpaired) electrons. The number of ether oxygens (including phenoxy) is 1. The van der Waals surface area contributed by atoms with E-state index < -0.39 is 5.82 Å². The number of benzene rings is 2. The number of aromatic nitrogens is 2. The summed E-state index contributed by atoms with van der Waals surface area (Å²) in [4.78, 5) is 13.2. The van der Waals surface area contributed by atoms with Gasteiger partial charge in [-0.05, 0) is 50.6 Å². The molecule has 3 rings (SSSR count). The van der Waals surface area contributed by atoms with Crippen molar-refractivity contribution in [3.63, 3.8) is 0 Å². The van der Waals surface area contributed by atoms with Gasteiger partial charge in [-0.25, -0.2) is 13.5 Å². The van der Waals surface area contributed by atoms with Crippen LogP contribution in [0.2, 0.25) is 0 Å². The lowest BCUT2D eigenvalue weighted by Crippen LogP contribution is -2.28. The van der Waals surface area contributed by atoms with Crippen LogP contribution < -0.4 is 10.3 Å². The molecule has 0 saturated carbocycles. The Morgan fingerprint density at radius 2 is 1.83 bits per heavy atom. The Kier molecular flexibility index (Phi) is 5.92. The number of para-hydroxylation sites is 1. The number of methoxy groups -OCH3 is 1. The second kappa shape index (κ2) is 8.39. The number of hydrogen-bond acceptors (Lipinski definition) is 3. The first kappa shape index (κ1) is 20.5. The lowest BCUT2D eigenvalue weighted by Gasteiger charge is -2.17. The third kappa shape index (κ3) is 4.11. The molecule has 150 valence electrons. The molecule has 0 amide bonds. The van der Waals surface area contributed by atoms with Crippen LogP contribution in [0.4, 0.5) is 8.78 Å². The fourth-order valence-electron chi connectivity index (χ4n) is 3.23. The van der Waals surface area contributed by atoms with Crippen LogP contribution >= 0.6 is 0 Å². The van der Waals surface area contributed by atoms with Gasteiger partial charge in [0.1, 0.15) is 5.82 Å². The second-order valence-electron chi connectivity index (χ2n) is 6.93. The number of aryl methyl sites for hydroxylation is 1. The molecular formula is C23H22F2N2O2. The van der Waals surface area contributed by atoms with Crippen molar-refractivity contribution in [3.8, 4) is 16.9 Å². The molecule has 2 aromatic carbocycles. The van der Waals surface area contributed by atoms with E-state index in [1.54, 1.807) is 43.3 Å². The van der Waals surface area contributed by atoms with Gasteiger partial charge in [-0.2, -0.15) is 5.10 Å². The van der Waals surface area contributed by atoms with Crippen molar-refractivity contribution in [2.24, 2.45) is 0 Å². The van der Waals surface area contributed by atoms with Gasteiger partial charge in [0.25, 0.3) is 5.56 Å². The molecule has 3 aromatic rings.